The number of alkyl carbamates (subject to hydrolysis) is 1. The lowest BCUT2D eigenvalue weighted by atomic mass is 9.91. The van der Waals surface area contributed by atoms with Crippen LogP contribution in [0.1, 0.15) is 100.0 Å². The zero-order valence-electron chi connectivity index (χ0n) is 28.5. The van der Waals surface area contributed by atoms with Crippen LogP contribution in [0.25, 0.3) is 0 Å². The van der Waals surface area contributed by atoms with E-state index in [4.69, 9.17) is 14.2 Å². The van der Waals surface area contributed by atoms with Gasteiger partial charge in [-0.15, -0.1) is 0 Å². The van der Waals surface area contributed by atoms with E-state index in [-0.39, 0.29) is 30.3 Å². The molecule has 2 N–H and O–H groups in total. The first-order valence-corrected chi connectivity index (χ1v) is 15.8. The molecule has 1 aliphatic heterocycles. The van der Waals surface area contributed by atoms with Gasteiger partial charge in [0, 0.05) is 50.7 Å². The molecule has 11 heteroatoms. The van der Waals surface area contributed by atoms with E-state index in [1.165, 1.54) is 0 Å². The van der Waals surface area contributed by atoms with Crippen molar-refractivity contribution in [1.29, 1.82) is 0 Å². The average molecular weight is 632 g/mol. The van der Waals surface area contributed by atoms with E-state index >= 15 is 0 Å². The molecule has 1 aromatic carbocycles. The lowest BCUT2D eigenvalue weighted by Gasteiger charge is -2.34. The molecule has 1 saturated heterocycles. The van der Waals surface area contributed by atoms with Gasteiger partial charge in [-0.1, -0.05) is 32.9 Å². The molecule has 1 atom stereocenters. The van der Waals surface area contributed by atoms with Gasteiger partial charge < -0.3 is 29.7 Å². The third-order valence-corrected chi connectivity index (χ3v) is 6.81. The van der Waals surface area contributed by atoms with Gasteiger partial charge in [0.1, 0.15) is 29.1 Å². The number of hydrogen-bond acceptors (Lipinski definition) is 8. The number of Topliss-reactive ketones (excluding diaryl/α,β-unsaturated/α-hetero) is 1. The molecule has 2 rings (SSSR count). The number of carbonyl (C=O) groups is 5. The van der Waals surface area contributed by atoms with Gasteiger partial charge in [-0.05, 0) is 72.1 Å². The number of carbonyl (C=O) groups excluding carboxylic acids is 5. The monoisotopic (exact) mass is 631 g/mol. The minimum Gasteiger partial charge on any atom is -0.488 e. The molecular formula is C34H53N3O8. The van der Waals surface area contributed by atoms with Crippen molar-refractivity contribution in [3.8, 4) is 5.75 Å². The predicted molar refractivity (Wildman–Crippen MR) is 171 cm³/mol. The summed E-state index contributed by atoms with van der Waals surface area (Å²) < 4.78 is 16.6. The van der Waals surface area contributed by atoms with Crippen LogP contribution in [0, 0.1) is 5.41 Å². The Morgan fingerprint density at radius 1 is 0.867 bits per heavy atom. The Morgan fingerprint density at radius 2 is 1.47 bits per heavy atom. The first-order valence-electron chi connectivity index (χ1n) is 15.8. The van der Waals surface area contributed by atoms with Crippen LogP contribution in [0.3, 0.4) is 0 Å². The molecule has 0 saturated carbocycles. The summed E-state index contributed by atoms with van der Waals surface area (Å²) in [6.45, 7) is 17.3. The Labute approximate surface area is 268 Å². The van der Waals surface area contributed by atoms with Crippen LogP contribution in [-0.4, -0.2) is 77.5 Å². The minimum atomic E-state index is -0.849. The first kappa shape index (κ1) is 37.6. The quantitative estimate of drug-likeness (QED) is 0.192. The molecule has 252 valence electrons. The molecule has 3 amide bonds. The maximum Gasteiger partial charge on any atom is 0.407 e. The van der Waals surface area contributed by atoms with Crippen LogP contribution in [0.15, 0.2) is 24.3 Å². The minimum absolute atomic E-state index is 0.192. The SMILES string of the molecule is CC(C)(C)OC(=O)NCCCCC(=O)N[C@@H](Cc1ccc(OC(C)(C)C)cc1)C(=O)N1CCC(OC(=O)C(=O)C(C)(C)C)CC1. The largest absolute Gasteiger partial charge is 0.488 e. The summed E-state index contributed by atoms with van der Waals surface area (Å²) in [5.74, 6) is -1.20. The lowest BCUT2D eigenvalue weighted by Crippen LogP contribution is -2.52. The number of rotatable bonds is 12. The summed E-state index contributed by atoms with van der Waals surface area (Å²) in [4.78, 5) is 64.7. The van der Waals surface area contributed by atoms with Gasteiger partial charge in [0.15, 0.2) is 0 Å². The Hall–Kier alpha value is -3.63. The smallest absolute Gasteiger partial charge is 0.407 e. The predicted octanol–water partition coefficient (Wildman–Crippen LogP) is 4.74. The highest BCUT2D eigenvalue weighted by Crippen LogP contribution is 2.22. The molecule has 11 nitrogen and oxygen atoms in total. The topological polar surface area (TPSA) is 140 Å². The van der Waals surface area contributed by atoms with Gasteiger partial charge in [0.25, 0.3) is 0 Å². The molecule has 0 spiro atoms. The number of likely N-dealkylation sites (tertiary alicyclic amines) is 1. The fraction of sp³-hybridized carbons (Fsp3) is 0.676. The summed E-state index contributed by atoms with van der Waals surface area (Å²) >= 11 is 0. The van der Waals surface area contributed by atoms with Crippen molar-refractivity contribution in [2.45, 2.75) is 124 Å². The van der Waals surface area contributed by atoms with E-state index in [0.29, 0.717) is 51.1 Å². The number of hydrogen-bond donors (Lipinski definition) is 2. The molecule has 0 unspecified atom stereocenters. The first-order chi connectivity index (χ1) is 20.7. The zero-order valence-corrected chi connectivity index (χ0v) is 28.5. The van der Waals surface area contributed by atoms with Crippen molar-refractivity contribution < 1.29 is 38.2 Å². The van der Waals surface area contributed by atoms with Crippen LogP contribution >= 0.6 is 0 Å². The van der Waals surface area contributed by atoms with Crippen molar-refractivity contribution in [2.24, 2.45) is 5.41 Å². The summed E-state index contributed by atoms with van der Waals surface area (Å²) in [7, 11) is 0. The number of unbranched alkanes of at least 4 members (excludes halogenated alkanes) is 1. The number of nitrogens with zero attached hydrogens (tertiary/aromatic N) is 1. The van der Waals surface area contributed by atoms with Crippen molar-refractivity contribution >= 4 is 29.7 Å². The van der Waals surface area contributed by atoms with E-state index in [1.54, 1.807) is 46.4 Å². The normalized spacial score (nSPS) is 15.1. The third kappa shape index (κ3) is 14.3. The second-order valence-corrected chi connectivity index (χ2v) is 14.6. The Kier molecular flexibility index (Phi) is 13.4. The number of ketones is 1. The molecule has 0 bridgehead atoms. The van der Waals surface area contributed by atoms with Crippen LogP contribution in [0.4, 0.5) is 4.79 Å². The Bertz CT molecular complexity index is 1170. The van der Waals surface area contributed by atoms with Gasteiger partial charge in [-0.2, -0.15) is 0 Å². The molecule has 0 aliphatic carbocycles. The third-order valence-electron chi connectivity index (χ3n) is 6.81. The van der Waals surface area contributed by atoms with Crippen LogP contribution in [0.5, 0.6) is 5.75 Å². The number of piperidine rings is 1. The maximum atomic E-state index is 13.7. The Balaban J connectivity index is 2.00. The molecular weight excluding hydrogens is 578 g/mol. The summed E-state index contributed by atoms with van der Waals surface area (Å²) in [5, 5.41) is 5.60. The molecule has 1 aromatic rings. The fourth-order valence-corrected chi connectivity index (χ4v) is 4.59. The molecule has 45 heavy (non-hydrogen) atoms. The summed E-state index contributed by atoms with van der Waals surface area (Å²) in [6, 6.07) is 6.66. The highest BCUT2D eigenvalue weighted by Gasteiger charge is 2.34. The highest BCUT2D eigenvalue weighted by atomic mass is 16.6. The van der Waals surface area contributed by atoms with Crippen LogP contribution < -0.4 is 15.4 Å². The van der Waals surface area contributed by atoms with Crippen molar-refractivity contribution in [1.82, 2.24) is 15.5 Å². The average Bonchev–Trinajstić information content (AvgIpc) is 2.90. The number of benzene rings is 1. The molecule has 0 aromatic heterocycles. The number of ether oxygens (including phenoxy) is 3. The van der Waals surface area contributed by atoms with Gasteiger partial charge in [-0.25, -0.2) is 9.59 Å². The number of nitrogens with one attached hydrogen (secondary N) is 2. The summed E-state index contributed by atoms with van der Waals surface area (Å²) in [5.41, 5.74) is -0.904. The van der Waals surface area contributed by atoms with Gasteiger partial charge in [-0.3, -0.25) is 14.4 Å². The zero-order chi connectivity index (χ0) is 34.0. The van der Waals surface area contributed by atoms with E-state index in [2.05, 4.69) is 10.6 Å². The van der Waals surface area contributed by atoms with Crippen molar-refractivity contribution in [3.05, 3.63) is 29.8 Å². The number of esters is 1. The molecule has 0 radical (unpaired) electrons. The molecule has 1 aliphatic rings. The Morgan fingerprint density at radius 3 is 2.00 bits per heavy atom. The van der Waals surface area contributed by atoms with Gasteiger partial charge >= 0.3 is 12.1 Å². The van der Waals surface area contributed by atoms with E-state index in [1.807, 2.05) is 45.0 Å². The van der Waals surface area contributed by atoms with Crippen molar-refractivity contribution in [2.75, 3.05) is 19.6 Å². The molecule has 1 fully saturated rings. The van der Waals surface area contributed by atoms with E-state index in [0.717, 1.165) is 5.56 Å². The standard InChI is InChI=1S/C34H53N3O8/c1-32(2,3)28(39)30(41)43-24-17-20-37(21-18-24)29(40)26(22-23-13-15-25(16-14-23)44-33(4,5)6)36-27(38)12-10-11-19-35-31(42)45-34(7,8)9/h13-16,24,26H,10-12,17-22H2,1-9H3,(H,35,42)(H,36,38)/t26-/m0/s1. The second kappa shape index (κ2) is 16.1. The van der Waals surface area contributed by atoms with Crippen LogP contribution in [-0.2, 0) is 35.1 Å². The second-order valence-electron chi connectivity index (χ2n) is 14.6. The maximum absolute atomic E-state index is 13.7. The van der Waals surface area contributed by atoms with Crippen LogP contribution in [0.2, 0.25) is 0 Å². The van der Waals surface area contributed by atoms with Crippen molar-refractivity contribution in [3.63, 3.8) is 0 Å². The highest BCUT2D eigenvalue weighted by molar-refractivity contribution is 6.35. The van der Waals surface area contributed by atoms with E-state index < -0.39 is 41.0 Å². The lowest BCUT2D eigenvalue weighted by molar-refractivity contribution is -0.163. The fourth-order valence-electron chi connectivity index (χ4n) is 4.59. The van der Waals surface area contributed by atoms with Gasteiger partial charge in [0.2, 0.25) is 17.6 Å². The van der Waals surface area contributed by atoms with Gasteiger partial charge in [0.05, 0.1) is 0 Å². The van der Waals surface area contributed by atoms with E-state index in [9.17, 15) is 24.0 Å². The number of amides is 3. The molecule has 1 heterocycles. The summed E-state index contributed by atoms with van der Waals surface area (Å²) in [6.07, 6.45) is 1.42.